The van der Waals surface area contributed by atoms with Crippen LogP contribution in [0.1, 0.15) is 91.9 Å². The normalized spacial score (nSPS) is 43.3. The zero-order valence-electron chi connectivity index (χ0n) is 19.0. The van der Waals surface area contributed by atoms with Gasteiger partial charge in [0.1, 0.15) is 6.10 Å². The number of aliphatic hydroxyl groups excluding tert-OH is 1. The van der Waals surface area contributed by atoms with Crippen LogP contribution in [0.4, 0.5) is 0 Å². The van der Waals surface area contributed by atoms with Gasteiger partial charge in [0.2, 0.25) is 0 Å². The number of rotatable bonds is 6. The third-order valence-corrected chi connectivity index (χ3v) is 8.64. The minimum atomic E-state index is -0.533. The minimum absolute atomic E-state index is 0.117. The van der Waals surface area contributed by atoms with Gasteiger partial charge < -0.3 is 14.9 Å². The zero-order valence-corrected chi connectivity index (χ0v) is 19.0. The summed E-state index contributed by atoms with van der Waals surface area (Å²) >= 11 is 0. The van der Waals surface area contributed by atoms with E-state index in [1.54, 1.807) is 5.57 Å². The first kappa shape index (κ1) is 21.6. The summed E-state index contributed by atoms with van der Waals surface area (Å²) in [7, 11) is 0. The van der Waals surface area contributed by atoms with E-state index in [1.807, 2.05) is 13.8 Å². The molecule has 3 saturated carbocycles. The van der Waals surface area contributed by atoms with Crippen LogP contribution in [0.25, 0.3) is 0 Å². The summed E-state index contributed by atoms with van der Waals surface area (Å²) in [4.78, 5) is 0. The van der Waals surface area contributed by atoms with Crippen LogP contribution in [0.2, 0.25) is 0 Å². The molecule has 2 N–H and O–H groups in total. The molecule has 3 aliphatic carbocycles. The molecule has 1 heterocycles. The van der Waals surface area contributed by atoms with E-state index in [2.05, 4.69) is 26.0 Å². The van der Waals surface area contributed by atoms with Crippen molar-refractivity contribution in [1.29, 1.82) is 0 Å². The first-order valence-electron chi connectivity index (χ1n) is 12.1. The van der Waals surface area contributed by atoms with Gasteiger partial charge >= 0.3 is 0 Å². The van der Waals surface area contributed by atoms with E-state index in [0.717, 1.165) is 43.4 Å². The molecule has 4 aliphatic rings. The standard InChI is InChI=1S/C26H42O3/c1-17(7-5-13-25(2,3)28)20-11-12-21-19(8-6-14-26(20,21)4)10-9-18-15-22(27)24-23(16-18)29-24/h9-10,17,20-24,27-28H,5-8,11-16H2,1-4H3/b18-9-,19-10+/t17-,20-,21+,22-,23-,24+,26-/m1/s1. The van der Waals surface area contributed by atoms with Crippen molar-refractivity contribution < 1.29 is 14.9 Å². The molecule has 0 bridgehead atoms. The van der Waals surface area contributed by atoms with Crippen molar-refractivity contribution in [3.63, 3.8) is 0 Å². The highest BCUT2D eigenvalue weighted by molar-refractivity contribution is 5.27. The molecule has 7 atom stereocenters. The van der Waals surface area contributed by atoms with Gasteiger partial charge in [-0.25, -0.2) is 0 Å². The van der Waals surface area contributed by atoms with Crippen molar-refractivity contribution in [1.82, 2.24) is 0 Å². The second-order valence-corrected chi connectivity index (χ2v) is 11.5. The SMILES string of the molecule is C[C@H](CCCC(C)(C)O)[C@H]1CC[C@H]2/C(=C/C=C3/C[C@@H](O)[C@@H]4O[C@@H]4C3)CCC[C@]12C. The van der Waals surface area contributed by atoms with Gasteiger partial charge in [0.25, 0.3) is 0 Å². The summed E-state index contributed by atoms with van der Waals surface area (Å²) in [6, 6.07) is 0. The van der Waals surface area contributed by atoms with Crippen LogP contribution in [-0.2, 0) is 4.74 Å². The first-order valence-corrected chi connectivity index (χ1v) is 12.1. The van der Waals surface area contributed by atoms with Gasteiger partial charge in [-0.15, -0.1) is 0 Å². The highest BCUT2D eigenvalue weighted by Crippen LogP contribution is 2.60. The third kappa shape index (κ3) is 4.67. The van der Waals surface area contributed by atoms with Crippen molar-refractivity contribution in [3.05, 3.63) is 23.3 Å². The molecule has 0 radical (unpaired) electrons. The monoisotopic (exact) mass is 402 g/mol. The number of hydrogen-bond acceptors (Lipinski definition) is 3. The summed E-state index contributed by atoms with van der Waals surface area (Å²) in [5, 5.41) is 20.2. The summed E-state index contributed by atoms with van der Waals surface area (Å²) in [5.74, 6) is 2.28. The Balaban J connectivity index is 1.41. The Hall–Kier alpha value is -0.640. The molecule has 1 saturated heterocycles. The molecule has 3 nitrogen and oxygen atoms in total. The van der Waals surface area contributed by atoms with Gasteiger partial charge in [0, 0.05) is 0 Å². The largest absolute Gasteiger partial charge is 0.390 e. The van der Waals surface area contributed by atoms with E-state index in [9.17, 15) is 10.2 Å². The van der Waals surface area contributed by atoms with Gasteiger partial charge in [0.05, 0.1) is 17.8 Å². The molecule has 164 valence electrons. The van der Waals surface area contributed by atoms with Gasteiger partial charge in [-0.05, 0) is 88.4 Å². The van der Waals surface area contributed by atoms with Crippen LogP contribution in [-0.4, -0.2) is 34.1 Å². The molecule has 4 fully saturated rings. The quantitative estimate of drug-likeness (QED) is 0.572. The lowest BCUT2D eigenvalue weighted by molar-refractivity contribution is 0.0596. The predicted molar refractivity (Wildman–Crippen MR) is 118 cm³/mol. The number of epoxide rings is 1. The summed E-state index contributed by atoms with van der Waals surface area (Å²) < 4.78 is 5.56. The average molecular weight is 403 g/mol. The Morgan fingerprint density at radius 3 is 2.76 bits per heavy atom. The summed E-state index contributed by atoms with van der Waals surface area (Å²) in [5.41, 5.74) is 2.93. The Bertz CT molecular complexity index is 657. The summed E-state index contributed by atoms with van der Waals surface area (Å²) in [6.45, 7) is 8.88. The number of ether oxygens (including phenoxy) is 1. The minimum Gasteiger partial charge on any atom is -0.390 e. The lowest BCUT2D eigenvalue weighted by atomic mass is 9.60. The van der Waals surface area contributed by atoms with Gasteiger partial charge in [-0.1, -0.05) is 50.0 Å². The second-order valence-electron chi connectivity index (χ2n) is 11.5. The van der Waals surface area contributed by atoms with Crippen LogP contribution in [0, 0.1) is 23.2 Å². The molecule has 1 aliphatic heterocycles. The number of fused-ring (bicyclic) bond motifs is 2. The Kier molecular flexibility index (Phi) is 6.05. The van der Waals surface area contributed by atoms with Crippen LogP contribution >= 0.6 is 0 Å². The van der Waals surface area contributed by atoms with Crippen molar-refractivity contribution >= 4 is 0 Å². The highest BCUT2D eigenvalue weighted by Gasteiger charge is 2.51. The lowest BCUT2D eigenvalue weighted by Crippen LogP contribution is -2.36. The maximum Gasteiger partial charge on any atom is 0.111 e. The van der Waals surface area contributed by atoms with E-state index in [-0.39, 0.29) is 18.3 Å². The molecular weight excluding hydrogens is 360 g/mol. The fourth-order valence-electron chi connectivity index (χ4n) is 7.02. The zero-order chi connectivity index (χ0) is 20.8. The first-order chi connectivity index (χ1) is 13.7. The molecule has 0 spiro atoms. The highest BCUT2D eigenvalue weighted by atomic mass is 16.6. The van der Waals surface area contributed by atoms with Crippen LogP contribution in [0.3, 0.4) is 0 Å². The van der Waals surface area contributed by atoms with Gasteiger partial charge in [0.15, 0.2) is 0 Å². The fraction of sp³-hybridized carbons (Fsp3) is 0.846. The average Bonchev–Trinajstić information content (AvgIpc) is 3.32. The van der Waals surface area contributed by atoms with Crippen LogP contribution in [0.5, 0.6) is 0 Å². The molecule has 29 heavy (non-hydrogen) atoms. The smallest absolute Gasteiger partial charge is 0.111 e. The molecule has 3 heteroatoms. The predicted octanol–water partition coefficient (Wildman–Crippen LogP) is 5.56. The molecule has 0 aromatic rings. The molecule has 0 amide bonds. The van der Waals surface area contributed by atoms with Crippen molar-refractivity contribution in [2.75, 3.05) is 0 Å². The molecule has 0 aromatic heterocycles. The van der Waals surface area contributed by atoms with Crippen molar-refractivity contribution in [3.8, 4) is 0 Å². The van der Waals surface area contributed by atoms with Gasteiger partial charge in [-0.3, -0.25) is 0 Å². The number of hydrogen-bond donors (Lipinski definition) is 2. The summed E-state index contributed by atoms with van der Waals surface area (Å²) in [6.07, 6.45) is 16.5. The Labute approximate surface area is 177 Å². The Morgan fingerprint density at radius 1 is 1.24 bits per heavy atom. The number of aliphatic hydroxyl groups is 2. The van der Waals surface area contributed by atoms with E-state index < -0.39 is 5.60 Å². The lowest BCUT2D eigenvalue weighted by Gasteiger charge is -2.44. The van der Waals surface area contributed by atoms with Crippen LogP contribution < -0.4 is 0 Å². The second kappa shape index (κ2) is 8.13. The van der Waals surface area contributed by atoms with Gasteiger partial charge in [-0.2, -0.15) is 0 Å². The molecular formula is C26H42O3. The maximum absolute atomic E-state index is 10.1. The molecule has 0 unspecified atom stereocenters. The van der Waals surface area contributed by atoms with Crippen molar-refractivity contribution in [2.45, 2.75) is 116 Å². The Morgan fingerprint density at radius 2 is 2.03 bits per heavy atom. The fourth-order valence-corrected chi connectivity index (χ4v) is 7.02. The number of allylic oxidation sites excluding steroid dienone is 3. The van der Waals surface area contributed by atoms with E-state index >= 15 is 0 Å². The third-order valence-electron chi connectivity index (χ3n) is 8.64. The molecule has 0 aromatic carbocycles. The van der Waals surface area contributed by atoms with E-state index in [4.69, 9.17) is 4.74 Å². The maximum atomic E-state index is 10.1. The van der Waals surface area contributed by atoms with E-state index in [0.29, 0.717) is 5.41 Å². The topological polar surface area (TPSA) is 53.0 Å². The van der Waals surface area contributed by atoms with E-state index in [1.165, 1.54) is 44.1 Å². The molecule has 4 rings (SSSR count). The van der Waals surface area contributed by atoms with Crippen LogP contribution in [0.15, 0.2) is 23.3 Å². The van der Waals surface area contributed by atoms with Crippen molar-refractivity contribution in [2.24, 2.45) is 23.2 Å².